The summed E-state index contributed by atoms with van der Waals surface area (Å²) in [6.45, 7) is 0. The Bertz CT molecular complexity index is 627. The van der Waals surface area contributed by atoms with E-state index in [2.05, 4.69) is 0 Å². The van der Waals surface area contributed by atoms with Crippen molar-refractivity contribution in [1.82, 2.24) is 0 Å². The molecule has 19 heavy (non-hydrogen) atoms. The van der Waals surface area contributed by atoms with Gasteiger partial charge < -0.3 is 5.11 Å². The third kappa shape index (κ3) is 2.44. The number of rotatable bonds is 2. The lowest BCUT2D eigenvalue weighted by Gasteiger charge is -2.13. The van der Waals surface area contributed by atoms with Crippen LogP contribution in [0.4, 0.5) is 22.0 Å². The molecule has 0 radical (unpaired) electrons. The molecule has 1 atom stereocenters. The maximum absolute atomic E-state index is 13.4. The highest BCUT2D eigenvalue weighted by atomic mass is 19.2. The molecule has 1 nitrogen and oxygen atoms in total. The molecule has 100 valence electrons. The summed E-state index contributed by atoms with van der Waals surface area (Å²) in [7, 11) is 0. The summed E-state index contributed by atoms with van der Waals surface area (Å²) in [5, 5.41) is 9.76. The average molecular weight is 274 g/mol. The lowest BCUT2D eigenvalue weighted by Crippen LogP contribution is -2.07. The standard InChI is InChI=1S/C13H7F5O/c14-8-3-1-2-6(12(8)18)13(19)7-4-10(16)11(17)5-9(7)15/h1-5,13,19H. The van der Waals surface area contributed by atoms with Crippen molar-refractivity contribution in [3.8, 4) is 0 Å². The van der Waals surface area contributed by atoms with Crippen LogP contribution < -0.4 is 0 Å². The van der Waals surface area contributed by atoms with Crippen molar-refractivity contribution in [2.45, 2.75) is 6.10 Å². The highest BCUT2D eigenvalue weighted by Crippen LogP contribution is 2.28. The van der Waals surface area contributed by atoms with Crippen molar-refractivity contribution >= 4 is 0 Å². The van der Waals surface area contributed by atoms with Gasteiger partial charge in [0, 0.05) is 17.2 Å². The first-order valence-corrected chi connectivity index (χ1v) is 5.18. The Labute approximate surface area is 104 Å². The molecule has 0 aliphatic heterocycles. The summed E-state index contributed by atoms with van der Waals surface area (Å²) in [6.07, 6.45) is -1.94. The fourth-order valence-corrected chi connectivity index (χ4v) is 1.65. The van der Waals surface area contributed by atoms with Gasteiger partial charge in [0.15, 0.2) is 23.3 Å². The molecule has 1 N–H and O–H groups in total. The minimum absolute atomic E-state index is 0.227. The van der Waals surface area contributed by atoms with Crippen LogP contribution in [0.25, 0.3) is 0 Å². The van der Waals surface area contributed by atoms with Gasteiger partial charge in [0.1, 0.15) is 11.9 Å². The topological polar surface area (TPSA) is 20.2 Å². The van der Waals surface area contributed by atoms with Crippen LogP contribution in [-0.2, 0) is 0 Å². The van der Waals surface area contributed by atoms with Gasteiger partial charge in [-0.3, -0.25) is 0 Å². The van der Waals surface area contributed by atoms with Gasteiger partial charge >= 0.3 is 0 Å². The highest BCUT2D eigenvalue weighted by Gasteiger charge is 2.22. The first-order chi connectivity index (χ1) is 8.91. The minimum atomic E-state index is -1.94. The van der Waals surface area contributed by atoms with E-state index < -0.39 is 46.3 Å². The first-order valence-electron chi connectivity index (χ1n) is 5.18. The highest BCUT2D eigenvalue weighted by molar-refractivity contribution is 5.32. The first kappa shape index (κ1) is 13.5. The molecule has 0 aromatic heterocycles. The Morgan fingerprint density at radius 3 is 2.05 bits per heavy atom. The summed E-state index contributed by atoms with van der Waals surface area (Å²) >= 11 is 0. The molecule has 1 unspecified atom stereocenters. The smallest absolute Gasteiger partial charge is 0.164 e. The predicted molar refractivity (Wildman–Crippen MR) is 56.7 cm³/mol. The fourth-order valence-electron chi connectivity index (χ4n) is 1.65. The van der Waals surface area contributed by atoms with Crippen LogP contribution in [0.1, 0.15) is 17.2 Å². The Morgan fingerprint density at radius 2 is 1.37 bits per heavy atom. The predicted octanol–water partition coefficient (Wildman–Crippen LogP) is 3.46. The monoisotopic (exact) mass is 274 g/mol. The van der Waals surface area contributed by atoms with Crippen molar-refractivity contribution in [2.24, 2.45) is 0 Å². The molecular formula is C13H7F5O. The molecule has 0 saturated heterocycles. The van der Waals surface area contributed by atoms with Crippen LogP contribution in [-0.4, -0.2) is 5.11 Å². The zero-order valence-corrected chi connectivity index (χ0v) is 9.30. The molecule has 0 aliphatic carbocycles. The molecule has 0 aliphatic rings. The quantitative estimate of drug-likeness (QED) is 0.656. The third-order valence-corrected chi connectivity index (χ3v) is 2.61. The van der Waals surface area contributed by atoms with Gasteiger partial charge in [0.05, 0.1) is 0 Å². The van der Waals surface area contributed by atoms with E-state index in [9.17, 15) is 27.1 Å². The molecule has 6 heteroatoms. The number of hydrogen-bond donors (Lipinski definition) is 1. The lowest BCUT2D eigenvalue weighted by atomic mass is 10.00. The van der Waals surface area contributed by atoms with E-state index in [1.54, 1.807) is 0 Å². The van der Waals surface area contributed by atoms with Crippen LogP contribution in [0.3, 0.4) is 0 Å². The van der Waals surface area contributed by atoms with E-state index in [0.717, 1.165) is 18.2 Å². The normalized spacial score (nSPS) is 12.5. The molecular weight excluding hydrogens is 267 g/mol. The van der Waals surface area contributed by atoms with E-state index >= 15 is 0 Å². The van der Waals surface area contributed by atoms with Gasteiger partial charge in [-0.05, 0) is 12.1 Å². The van der Waals surface area contributed by atoms with E-state index in [0.29, 0.717) is 6.07 Å². The largest absolute Gasteiger partial charge is 0.383 e. The van der Waals surface area contributed by atoms with E-state index in [-0.39, 0.29) is 6.07 Å². The Kier molecular flexibility index (Phi) is 3.53. The van der Waals surface area contributed by atoms with Crippen LogP contribution in [0.15, 0.2) is 30.3 Å². The van der Waals surface area contributed by atoms with Gasteiger partial charge in [-0.1, -0.05) is 12.1 Å². The summed E-state index contributed by atoms with van der Waals surface area (Å²) in [5.41, 5.74) is -1.24. The molecule has 0 fully saturated rings. The van der Waals surface area contributed by atoms with Crippen molar-refractivity contribution < 1.29 is 27.1 Å². The van der Waals surface area contributed by atoms with Crippen molar-refractivity contribution in [3.05, 3.63) is 70.5 Å². The summed E-state index contributed by atoms with van der Waals surface area (Å²) < 4.78 is 65.6. The Morgan fingerprint density at radius 1 is 0.737 bits per heavy atom. The number of aliphatic hydroxyl groups excluding tert-OH is 1. The molecule has 0 amide bonds. The summed E-state index contributed by atoms with van der Waals surface area (Å²) in [5.74, 6) is -6.70. The second-order valence-corrected chi connectivity index (χ2v) is 3.83. The maximum Gasteiger partial charge on any atom is 0.164 e. The molecule has 0 heterocycles. The molecule has 2 aromatic carbocycles. The second kappa shape index (κ2) is 4.97. The van der Waals surface area contributed by atoms with E-state index in [1.165, 1.54) is 0 Å². The van der Waals surface area contributed by atoms with Crippen LogP contribution in [0, 0.1) is 29.1 Å². The van der Waals surface area contributed by atoms with Crippen molar-refractivity contribution in [1.29, 1.82) is 0 Å². The minimum Gasteiger partial charge on any atom is -0.383 e. The lowest BCUT2D eigenvalue weighted by molar-refractivity contribution is 0.207. The van der Waals surface area contributed by atoms with Gasteiger partial charge in [-0.2, -0.15) is 0 Å². The van der Waals surface area contributed by atoms with E-state index in [1.807, 2.05) is 0 Å². The number of benzene rings is 2. The van der Waals surface area contributed by atoms with Crippen LogP contribution >= 0.6 is 0 Å². The molecule has 0 spiro atoms. The molecule has 2 rings (SSSR count). The third-order valence-electron chi connectivity index (χ3n) is 2.61. The Balaban J connectivity index is 2.53. The molecule has 2 aromatic rings. The molecule has 0 bridgehead atoms. The number of halogens is 5. The SMILES string of the molecule is OC(c1cc(F)c(F)cc1F)c1cccc(F)c1F. The van der Waals surface area contributed by atoms with Gasteiger partial charge in [-0.25, -0.2) is 22.0 Å². The van der Waals surface area contributed by atoms with E-state index in [4.69, 9.17) is 0 Å². The number of hydrogen-bond acceptors (Lipinski definition) is 1. The second-order valence-electron chi connectivity index (χ2n) is 3.83. The fraction of sp³-hybridized carbons (Fsp3) is 0.0769. The molecule has 0 saturated carbocycles. The maximum atomic E-state index is 13.4. The Hall–Kier alpha value is -1.95. The van der Waals surface area contributed by atoms with Gasteiger partial charge in [-0.15, -0.1) is 0 Å². The van der Waals surface area contributed by atoms with Crippen LogP contribution in [0.2, 0.25) is 0 Å². The van der Waals surface area contributed by atoms with Gasteiger partial charge in [0.2, 0.25) is 0 Å². The van der Waals surface area contributed by atoms with Crippen molar-refractivity contribution in [2.75, 3.05) is 0 Å². The summed E-state index contributed by atoms with van der Waals surface area (Å²) in [4.78, 5) is 0. The number of aliphatic hydroxyl groups is 1. The zero-order chi connectivity index (χ0) is 14.2. The van der Waals surface area contributed by atoms with Crippen molar-refractivity contribution in [3.63, 3.8) is 0 Å². The zero-order valence-electron chi connectivity index (χ0n) is 9.30. The summed E-state index contributed by atoms with van der Waals surface area (Å²) in [6, 6.07) is 3.57. The van der Waals surface area contributed by atoms with Gasteiger partial charge in [0.25, 0.3) is 0 Å². The average Bonchev–Trinajstić information content (AvgIpc) is 2.36. The van der Waals surface area contributed by atoms with Crippen LogP contribution in [0.5, 0.6) is 0 Å².